The molecule has 8 heteroatoms. The summed E-state index contributed by atoms with van der Waals surface area (Å²) in [4.78, 5) is 12.0. The Hall–Kier alpha value is -0.980. The van der Waals surface area contributed by atoms with Gasteiger partial charge in [-0.3, -0.25) is 9.10 Å². The van der Waals surface area contributed by atoms with Gasteiger partial charge >= 0.3 is 0 Å². The Balaban J connectivity index is 1.85. The zero-order chi connectivity index (χ0) is 19.2. The minimum atomic E-state index is -3.48. The summed E-state index contributed by atoms with van der Waals surface area (Å²) in [5.74, 6) is 0.551. The molecule has 1 N–H and O–H groups in total. The normalized spacial score (nSPS) is 15.7. The van der Waals surface area contributed by atoms with Gasteiger partial charge in [-0.15, -0.1) is 0 Å². The van der Waals surface area contributed by atoms with E-state index in [-0.39, 0.29) is 12.5 Å². The van der Waals surface area contributed by atoms with Crippen LogP contribution in [0.1, 0.15) is 44.9 Å². The minimum absolute atomic E-state index is 0.0295. The molecule has 1 amide bonds. The zero-order valence-electron chi connectivity index (χ0n) is 15.0. The van der Waals surface area contributed by atoms with E-state index in [0.29, 0.717) is 34.5 Å². The number of benzene rings is 1. The van der Waals surface area contributed by atoms with E-state index in [1.165, 1.54) is 42.5 Å². The van der Waals surface area contributed by atoms with Gasteiger partial charge in [0.05, 0.1) is 22.0 Å². The maximum atomic E-state index is 12.1. The molecule has 5 nitrogen and oxygen atoms in total. The van der Waals surface area contributed by atoms with Crippen molar-refractivity contribution in [1.82, 2.24) is 5.32 Å². The first-order valence-corrected chi connectivity index (χ1v) is 11.6. The van der Waals surface area contributed by atoms with Crippen molar-refractivity contribution < 1.29 is 13.2 Å². The SMILES string of the molecule is CS(=O)(=O)N(CCCC(=O)NCC1CCCCC1)c1ccc(Cl)c(Cl)c1. The van der Waals surface area contributed by atoms with Crippen molar-refractivity contribution in [2.45, 2.75) is 44.9 Å². The molecule has 0 spiro atoms. The number of carbonyl (C=O) groups excluding carboxylic acids is 1. The van der Waals surface area contributed by atoms with Gasteiger partial charge in [-0.25, -0.2) is 8.42 Å². The second kappa shape index (κ2) is 9.81. The summed E-state index contributed by atoms with van der Waals surface area (Å²) >= 11 is 11.9. The third-order valence-corrected chi connectivity index (χ3v) is 6.60. The predicted octanol–water partition coefficient (Wildman–Crippen LogP) is 4.24. The van der Waals surface area contributed by atoms with E-state index in [0.717, 1.165) is 12.8 Å². The van der Waals surface area contributed by atoms with E-state index in [4.69, 9.17) is 23.2 Å². The van der Waals surface area contributed by atoms with E-state index >= 15 is 0 Å². The first-order chi connectivity index (χ1) is 12.3. The number of rotatable bonds is 8. The maximum Gasteiger partial charge on any atom is 0.232 e. The van der Waals surface area contributed by atoms with E-state index in [1.807, 2.05) is 0 Å². The number of carbonyl (C=O) groups is 1. The molecule has 1 aliphatic rings. The summed E-state index contributed by atoms with van der Waals surface area (Å²) in [5, 5.41) is 3.64. The molecular weight excluding hydrogens is 395 g/mol. The van der Waals surface area contributed by atoms with Gasteiger partial charge in [0, 0.05) is 19.5 Å². The number of hydrogen-bond donors (Lipinski definition) is 1. The highest BCUT2D eigenvalue weighted by molar-refractivity contribution is 7.92. The highest BCUT2D eigenvalue weighted by Crippen LogP contribution is 2.28. The Labute approximate surface area is 166 Å². The van der Waals surface area contributed by atoms with Crippen molar-refractivity contribution in [3.63, 3.8) is 0 Å². The van der Waals surface area contributed by atoms with Crippen LogP contribution in [0, 0.1) is 5.92 Å². The number of halogens is 2. The van der Waals surface area contributed by atoms with Gasteiger partial charge in [-0.2, -0.15) is 0 Å². The maximum absolute atomic E-state index is 12.1. The molecule has 146 valence electrons. The molecule has 0 atom stereocenters. The first-order valence-electron chi connectivity index (χ1n) is 8.97. The summed E-state index contributed by atoms with van der Waals surface area (Å²) in [7, 11) is -3.48. The Kier molecular flexibility index (Phi) is 8.05. The summed E-state index contributed by atoms with van der Waals surface area (Å²) in [5.41, 5.74) is 0.449. The molecule has 1 aromatic carbocycles. The van der Waals surface area contributed by atoms with Crippen molar-refractivity contribution in [2.24, 2.45) is 5.92 Å². The standard InChI is InChI=1S/C18H26Cl2N2O3S/c1-26(24,25)22(15-9-10-16(19)17(20)12-15)11-5-8-18(23)21-13-14-6-3-2-4-7-14/h9-10,12,14H,2-8,11,13H2,1H3,(H,21,23). The summed E-state index contributed by atoms with van der Waals surface area (Å²) in [6.45, 7) is 0.940. The van der Waals surface area contributed by atoms with Crippen molar-refractivity contribution in [3.8, 4) is 0 Å². The van der Waals surface area contributed by atoms with Gasteiger partial charge in [0.1, 0.15) is 0 Å². The monoisotopic (exact) mass is 420 g/mol. The second-order valence-corrected chi connectivity index (χ2v) is 9.57. The lowest BCUT2D eigenvalue weighted by molar-refractivity contribution is -0.121. The molecule has 0 heterocycles. The van der Waals surface area contributed by atoms with Crippen LogP contribution in [0.25, 0.3) is 0 Å². The fourth-order valence-electron chi connectivity index (χ4n) is 3.25. The van der Waals surface area contributed by atoms with Crippen LogP contribution in [0.2, 0.25) is 10.0 Å². The van der Waals surface area contributed by atoms with E-state index in [1.54, 1.807) is 12.1 Å². The second-order valence-electron chi connectivity index (χ2n) is 6.85. The lowest BCUT2D eigenvalue weighted by atomic mass is 9.89. The zero-order valence-corrected chi connectivity index (χ0v) is 17.3. The molecule has 1 aromatic rings. The molecule has 1 fully saturated rings. The predicted molar refractivity (Wildman–Crippen MR) is 107 cm³/mol. The lowest BCUT2D eigenvalue weighted by Gasteiger charge is -2.23. The highest BCUT2D eigenvalue weighted by atomic mass is 35.5. The fraction of sp³-hybridized carbons (Fsp3) is 0.611. The van der Waals surface area contributed by atoms with Gasteiger partial charge in [-0.1, -0.05) is 42.5 Å². The minimum Gasteiger partial charge on any atom is -0.356 e. The van der Waals surface area contributed by atoms with Gasteiger partial charge < -0.3 is 5.32 Å². The van der Waals surface area contributed by atoms with Gasteiger partial charge in [0.2, 0.25) is 15.9 Å². The number of sulfonamides is 1. The molecule has 1 aliphatic carbocycles. The summed E-state index contributed by atoms with van der Waals surface area (Å²) < 4.78 is 25.4. The van der Waals surface area contributed by atoms with Crippen molar-refractivity contribution >= 4 is 44.8 Å². The largest absolute Gasteiger partial charge is 0.356 e. The van der Waals surface area contributed by atoms with Crippen molar-refractivity contribution in [1.29, 1.82) is 0 Å². The Morgan fingerprint density at radius 3 is 2.50 bits per heavy atom. The summed E-state index contributed by atoms with van der Waals surface area (Å²) in [6.07, 6.45) is 8.00. The fourth-order valence-corrected chi connectivity index (χ4v) is 4.50. The topological polar surface area (TPSA) is 66.5 Å². The number of nitrogens with one attached hydrogen (secondary N) is 1. The van der Waals surface area contributed by atoms with Crippen LogP contribution in [0.3, 0.4) is 0 Å². The van der Waals surface area contributed by atoms with Crippen LogP contribution < -0.4 is 9.62 Å². The van der Waals surface area contributed by atoms with Crippen LogP contribution in [-0.4, -0.2) is 33.7 Å². The first kappa shape index (κ1) is 21.3. The van der Waals surface area contributed by atoms with Gasteiger partial charge in [0.25, 0.3) is 0 Å². The quantitative estimate of drug-likeness (QED) is 0.683. The third kappa shape index (κ3) is 6.63. The van der Waals surface area contributed by atoms with Crippen LogP contribution in [0.15, 0.2) is 18.2 Å². The van der Waals surface area contributed by atoms with Crippen LogP contribution >= 0.6 is 23.2 Å². The van der Waals surface area contributed by atoms with Crippen LogP contribution in [0.5, 0.6) is 0 Å². The molecule has 0 aromatic heterocycles. The highest BCUT2D eigenvalue weighted by Gasteiger charge is 2.19. The van der Waals surface area contributed by atoms with Crippen molar-refractivity contribution in [2.75, 3.05) is 23.7 Å². The van der Waals surface area contributed by atoms with Gasteiger partial charge in [0.15, 0.2) is 0 Å². The number of anilines is 1. The molecule has 1 saturated carbocycles. The molecule has 0 unspecified atom stereocenters. The molecule has 26 heavy (non-hydrogen) atoms. The Morgan fingerprint density at radius 2 is 1.88 bits per heavy atom. The molecular formula is C18H26Cl2N2O3S. The number of amides is 1. The molecule has 0 radical (unpaired) electrons. The smallest absolute Gasteiger partial charge is 0.232 e. The third-order valence-electron chi connectivity index (χ3n) is 4.67. The number of hydrogen-bond acceptors (Lipinski definition) is 3. The summed E-state index contributed by atoms with van der Waals surface area (Å²) in [6, 6.07) is 4.70. The van der Waals surface area contributed by atoms with E-state index in [9.17, 15) is 13.2 Å². The Morgan fingerprint density at radius 1 is 1.19 bits per heavy atom. The number of nitrogens with zero attached hydrogens (tertiary/aromatic N) is 1. The average molecular weight is 421 g/mol. The lowest BCUT2D eigenvalue weighted by Crippen LogP contribution is -2.33. The molecule has 2 rings (SSSR count). The van der Waals surface area contributed by atoms with E-state index < -0.39 is 10.0 Å². The molecule has 0 aliphatic heterocycles. The van der Waals surface area contributed by atoms with Gasteiger partial charge in [-0.05, 0) is 43.4 Å². The van der Waals surface area contributed by atoms with E-state index in [2.05, 4.69) is 5.32 Å². The molecule has 0 bridgehead atoms. The van der Waals surface area contributed by atoms with Crippen molar-refractivity contribution in [3.05, 3.63) is 28.2 Å². The average Bonchev–Trinajstić information content (AvgIpc) is 2.59. The molecule has 0 saturated heterocycles. The van der Waals surface area contributed by atoms with Crippen LogP contribution in [0.4, 0.5) is 5.69 Å². The Bertz CT molecular complexity index is 719. The van der Waals surface area contributed by atoms with Crippen LogP contribution in [-0.2, 0) is 14.8 Å².